The van der Waals surface area contributed by atoms with Crippen LogP contribution in [0.3, 0.4) is 0 Å². The van der Waals surface area contributed by atoms with Gasteiger partial charge in [-0.2, -0.15) is 18.2 Å². The summed E-state index contributed by atoms with van der Waals surface area (Å²) in [6.45, 7) is 0. The molecule has 2 unspecified atom stereocenters. The Hall–Kier alpha value is -3.28. The van der Waals surface area contributed by atoms with Crippen LogP contribution in [0.15, 0.2) is 39.5 Å². The van der Waals surface area contributed by atoms with Gasteiger partial charge in [0.1, 0.15) is 17.8 Å². The van der Waals surface area contributed by atoms with Crippen LogP contribution in [0.25, 0.3) is 11.5 Å². The monoisotopic (exact) mass is 428 g/mol. The van der Waals surface area contributed by atoms with Crippen LogP contribution < -0.4 is 5.73 Å². The van der Waals surface area contributed by atoms with Crippen molar-refractivity contribution in [1.29, 1.82) is 0 Å². The van der Waals surface area contributed by atoms with E-state index in [1.807, 2.05) is 0 Å². The molecule has 1 amide bonds. The molecule has 0 aliphatic rings. The molecule has 12 heteroatoms. The van der Waals surface area contributed by atoms with Gasteiger partial charge in [0.25, 0.3) is 0 Å². The Bertz CT molecular complexity index is 1000. The minimum absolute atomic E-state index is 0.00320. The lowest BCUT2D eigenvalue weighted by atomic mass is 9.95. The summed E-state index contributed by atoms with van der Waals surface area (Å²) >= 11 is 0. The van der Waals surface area contributed by atoms with Gasteiger partial charge in [-0.15, -0.1) is 0 Å². The van der Waals surface area contributed by atoms with E-state index in [9.17, 15) is 27.5 Å². The Labute approximate surface area is 166 Å². The molecule has 0 bridgehead atoms. The topological polar surface area (TPSA) is 128 Å². The number of rotatable bonds is 8. The van der Waals surface area contributed by atoms with Crippen molar-refractivity contribution in [2.24, 2.45) is 5.73 Å². The highest BCUT2D eigenvalue weighted by Crippen LogP contribution is 2.32. The molecule has 2 aromatic heterocycles. The summed E-state index contributed by atoms with van der Waals surface area (Å²) in [5.74, 6) is -3.80. The summed E-state index contributed by atoms with van der Waals surface area (Å²) in [6.07, 6.45) is -5.05. The van der Waals surface area contributed by atoms with E-state index in [-0.39, 0.29) is 36.7 Å². The lowest BCUT2D eigenvalue weighted by molar-refractivity contribution is -0.159. The van der Waals surface area contributed by atoms with Crippen LogP contribution in [-0.4, -0.2) is 26.1 Å². The summed E-state index contributed by atoms with van der Waals surface area (Å²) in [4.78, 5) is 18.7. The first-order valence-electron chi connectivity index (χ1n) is 8.72. The number of amides is 1. The van der Waals surface area contributed by atoms with Gasteiger partial charge in [-0.05, 0) is 37.1 Å². The maximum absolute atomic E-state index is 13.0. The molecule has 0 spiro atoms. The van der Waals surface area contributed by atoms with E-state index in [4.69, 9.17) is 10.2 Å². The van der Waals surface area contributed by atoms with Gasteiger partial charge >= 0.3 is 12.1 Å². The van der Waals surface area contributed by atoms with Gasteiger partial charge in [-0.25, -0.2) is 9.37 Å². The number of primary amides is 1. The van der Waals surface area contributed by atoms with E-state index in [1.54, 1.807) is 0 Å². The Morgan fingerprint density at radius 3 is 2.47 bits per heavy atom. The van der Waals surface area contributed by atoms with Crippen LogP contribution in [0.5, 0.6) is 0 Å². The number of hydrogen-bond donors (Lipinski definition) is 2. The third-order valence-corrected chi connectivity index (χ3v) is 4.24. The Morgan fingerprint density at radius 1 is 1.17 bits per heavy atom. The first-order valence-corrected chi connectivity index (χ1v) is 8.72. The van der Waals surface area contributed by atoms with Gasteiger partial charge in [-0.3, -0.25) is 4.79 Å². The molecule has 0 radical (unpaired) electrons. The zero-order valence-corrected chi connectivity index (χ0v) is 15.3. The summed E-state index contributed by atoms with van der Waals surface area (Å²) in [5.41, 5.74) is 5.81. The molecule has 30 heavy (non-hydrogen) atoms. The number of carbonyl (C=O) groups excluding carboxylic acids is 1. The lowest BCUT2D eigenvalue weighted by Gasteiger charge is -2.13. The van der Waals surface area contributed by atoms with E-state index in [1.165, 1.54) is 30.5 Å². The average Bonchev–Trinajstić information content (AvgIpc) is 3.34. The number of alkyl halides is 3. The molecule has 2 heterocycles. The van der Waals surface area contributed by atoms with Gasteiger partial charge in [0.05, 0.1) is 6.10 Å². The molecule has 160 valence electrons. The zero-order valence-electron chi connectivity index (χ0n) is 15.3. The summed E-state index contributed by atoms with van der Waals surface area (Å²) < 4.78 is 60.4. The second-order valence-electron chi connectivity index (χ2n) is 6.50. The fourth-order valence-corrected chi connectivity index (χ4v) is 2.75. The van der Waals surface area contributed by atoms with Crippen molar-refractivity contribution in [3.8, 4) is 11.5 Å². The summed E-state index contributed by atoms with van der Waals surface area (Å²) in [7, 11) is 0. The summed E-state index contributed by atoms with van der Waals surface area (Å²) in [5, 5.41) is 13.6. The Kier molecular flexibility index (Phi) is 6.15. The van der Waals surface area contributed by atoms with Crippen LogP contribution in [0, 0.1) is 5.82 Å². The quantitative estimate of drug-likeness (QED) is 0.527. The van der Waals surface area contributed by atoms with Crippen LogP contribution in [0.4, 0.5) is 17.6 Å². The number of nitrogens with two attached hydrogens (primary N) is 1. The first kappa shape index (κ1) is 21.4. The van der Waals surface area contributed by atoms with Crippen LogP contribution in [0.1, 0.15) is 48.7 Å². The molecule has 0 saturated heterocycles. The minimum atomic E-state index is -4.82. The molecule has 1 aromatic carbocycles. The lowest BCUT2D eigenvalue weighted by Crippen LogP contribution is -2.17. The van der Waals surface area contributed by atoms with Crippen LogP contribution in [-0.2, 0) is 11.0 Å². The van der Waals surface area contributed by atoms with E-state index in [2.05, 4.69) is 19.6 Å². The maximum Gasteiger partial charge on any atom is 0.471 e. The number of carbonyl (C=O) groups is 1. The number of oxazole rings is 1. The van der Waals surface area contributed by atoms with Crippen molar-refractivity contribution in [2.45, 2.75) is 37.5 Å². The predicted molar refractivity (Wildman–Crippen MR) is 91.9 cm³/mol. The van der Waals surface area contributed by atoms with E-state index in [0.717, 1.165) is 0 Å². The highest BCUT2D eigenvalue weighted by atomic mass is 19.4. The van der Waals surface area contributed by atoms with Gasteiger partial charge in [0.15, 0.2) is 5.82 Å². The van der Waals surface area contributed by atoms with E-state index >= 15 is 0 Å². The highest BCUT2D eigenvalue weighted by molar-refractivity contribution is 5.74. The average molecular weight is 428 g/mol. The molecule has 0 fully saturated rings. The normalized spacial score (nSPS) is 13.9. The number of hydrogen-bond acceptors (Lipinski definition) is 7. The van der Waals surface area contributed by atoms with E-state index < -0.39 is 35.8 Å². The minimum Gasteiger partial charge on any atom is -0.444 e. The Balaban J connectivity index is 1.68. The second-order valence-corrected chi connectivity index (χ2v) is 6.50. The fraction of sp³-hybridized carbons (Fsp3) is 0.333. The number of halogens is 4. The molecule has 0 aliphatic heterocycles. The first-order chi connectivity index (χ1) is 14.1. The standard InChI is InChI=1S/C18H16F4N4O4/c19-11-4-1-9(2-5-11)16-24-12(8-29-16)13(27)6-3-10(7-14(23)28)15-25-17(30-26-15)18(20,21)22/h1-2,4-5,8,10,13,27H,3,6-7H2,(H2,23,28). The number of aliphatic hydroxyl groups excluding tert-OH is 1. The zero-order chi connectivity index (χ0) is 21.9. The van der Waals surface area contributed by atoms with Gasteiger partial charge in [-0.1, -0.05) is 5.16 Å². The van der Waals surface area contributed by atoms with E-state index in [0.29, 0.717) is 5.56 Å². The smallest absolute Gasteiger partial charge is 0.444 e. The molecular weight excluding hydrogens is 412 g/mol. The van der Waals surface area contributed by atoms with Gasteiger partial charge in [0.2, 0.25) is 11.8 Å². The molecule has 0 aliphatic carbocycles. The number of aromatic nitrogens is 3. The molecule has 3 N–H and O–H groups in total. The molecular formula is C18H16F4N4O4. The van der Waals surface area contributed by atoms with Gasteiger partial charge in [0, 0.05) is 17.9 Å². The van der Waals surface area contributed by atoms with Crippen molar-refractivity contribution in [2.75, 3.05) is 0 Å². The highest BCUT2D eigenvalue weighted by Gasteiger charge is 2.39. The van der Waals surface area contributed by atoms with Crippen molar-refractivity contribution in [3.63, 3.8) is 0 Å². The summed E-state index contributed by atoms with van der Waals surface area (Å²) in [6, 6.07) is 5.36. The van der Waals surface area contributed by atoms with Crippen molar-refractivity contribution < 1.29 is 36.4 Å². The fourth-order valence-electron chi connectivity index (χ4n) is 2.75. The molecule has 3 rings (SSSR count). The number of nitrogens with zero attached hydrogens (tertiary/aromatic N) is 3. The number of benzene rings is 1. The number of aliphatic hydroxyl groups is 1. The molecule has 0 saturated carbocycles. The van der Waals surface area contributed by atoms with Crippen LogP contribution >= 0.6 is 0 Å². The van der Waals surface area contributed by atoms with Crippen molar-refractivity contribution in [3.05, 3.63) is 53.8 Å². The van der Waals surface area contributed by atoms with Crippen molar-refractivity contribution in [1.82, 2.24) is 15.1 Å². The maximum atomic E-state index is 13.0. The van der Waals surface area contributed by atoms with Gasteiger partial charge < -0.3 is 19.8 Å². The third kappa shape index (κ3) is 5.20. The molecule has 2 atom stereocenters. The predicted octanol–water partition coefficient (Wildman–Crippen LogP) is 3.36. The second kappa shape index (κ2) is 8.61. The largest absolute Gasteiger partial charge is 0.471 e. The van der Waals surface area contributed by atoms with Crippen molar-refractivity contribution >= 4 is 5.91 Å². The molecule has 8 nitrogen and oxygen atoms in total. The third-order valence-electron chi connectivity index (χ3n) is 4.24. The molecule has 3 aromatic rings. The Morgan fingerprint density at radius 2 is 1.87 bits per heavy atom. The SMILES string of the molecule is NC(=O)CC(CCC(O)c1coc(-c2ccc(F)cc2)n1)c1noc(C(F)(F)F)n1. The van der Waals surface area contributed by atoms with Crippen LogP contribution in [0.2, 0.25) is 0 Å².